The number of methoxy groups -OCH3 is 1. The quantitative estimate of drug-likeness (QED) is 0.760. The molecule has 1 unspecified atom stereocenters. The summed E-state index contributed by atoms with van der Waals surface area (Å²) in [7, 11) is 1.47. The molecule has 0 saturated carbocycles. The summed E-state index contributed by atoms with van der Waals surface area (Å²) in [6.07, 6.45) is 7.80. The maximum absolute atomic E-state index is 11.7. The van der Waals surface area contributed by atoms with Gasteiger partial charge in [0, 0.05) is 18.9 Å². The van der Waals surface area contributed by atoms with E-state index < -0.39 is 0 Å². The third-order valence-electron chi connectivity index (χ3n) is 3.50. The Bertz CT molecular complexity index is 381. The molecule has 1 fully saturated rings. The SMILES string of the molecule is COC(=O)C1CCCCN1CCc1cccnc1. The maximum Gasteiger partial charge on any atom is 0.323 e. The van der Waals surface area contributed by atoms with Crippen molar-refractivity contribution in [2.45, 2.75) is 31.7 Å². The van der Waals surface area contributed by atoms with E-state index in [1.807, 2.05) is 12.3 Å². The van der Waals surface area contributed by atoms with Gasteiger partial charge in [0.15, 0.2) is 0 Å². The third-order valence-corrected chi connectivity index (χ3v) is 3.50. The number of rotatable bonds is 4. The normalized spacial score (nSPS) is 20.6. The van der Waals surface area contributed by atoms with E-state index in [-0.39, 0.29) is 12.0 Å². The lowest BCUT2D eigenvalue weighted by molar-refractivity contribution is -0.148. The lowest BCUT2D eigenvalue weighted by Crippen LogP contribution is -2.46. The zero-order valence-electron chi connectivity index (χ0n) is 10.8. The molecule has 4 heteroatoms. The van der Waals surface area contributed by atoms with Crippen molar-refractivity contribution in [2.75, 3.05) is 20.2 Å². The molecule has 2 heterocycles. The van der Waals surface area contributed by atoms with E-state index in [1.54, 1.807) is 6.20 Å². The monoisotopic (exact) mass is 248 g/mol. The molecule has 18 heavy (non-hydrogen) atoms. The Labute approximate surface area is 108 Å². The fourth-order valence-electron chi connectivity index (χ4n) is 2.48. The lowest BCUT2D eigenvalue weighted by Gasteiger charge is -2.33. The standard InChI is InChI=1S/C14H20N2O2/c1-18-14(17)13-6-2-3-9-16(13)10-7-12-5-4-8-15-11-12/h4-5,8,11,13H,2-3,6-7,9-10H2,1H3. The van der Waals surface area contributed by atoms with Crippen LogP contribution >= 0.6 is 0 Å². The van der Waals surface area contributed by atoms with E-state index in [9.17, 15) is 4.79 Å². The first-order valence-electron chi connectivity index (χ1n) is 6.52. The Kier molecular flexibility index (Phi) is 4.70. The van der Waals surface area contributed by atoms with Gasteiger partial charge in [-0.2, -0.15) is 0 Å². The van der Waals surface area contributed by atoms with Crippen LogP contribution in [-0.2, 0) is 16.0 Å². The Hall–Kier alpha value is -1.42. The minimum Gasteiger partial charge on any atom is -0.468 e. The molecule has 0 amide bonds. The van der Waals surface area contributed by atoms with Gasteiger partial charge in [-0.3, -0.25) is 14.7 Å². The van der Waals surface area contributed by atoms with E-state index in [2.05, 4.69) is 16.0 Å². The number of carbonyl (C=O) groups excluding carboxylic acids is 1. The van der Waals surface area contributed by atoms with Gasteiger partial charge >= 0.3 is 5.97 Å². The Morgan fingerprint density at radius 2 is 2.44 bits per heavy atom. The van der Waals surface area contributed by atoms with Gasteiger partial charge in [-0.15, -0.1) is 0 Å². The molecule has 0 aromatic carbocycles. The molecule has 1 aliphatic rings. The fourth-order valence-corrected chi connectivity index (χ4v) is 2.48. The Morgan fingerprint density at radius 1 is 1.56 bits per heavy atom. The van der Waals surface area contributed by atoms with Crippen LogP contribution in [0.2, 0.25) is 0 Å². The number of ether oxygens (including phenoxy) is 1. The molecule has 0 N–H and O–H groups in total. The molecule has 0 aliphatic carbocycles. The second kappa shape index (κ2) is 6.50. The molecule has 1 atom stereocenters. The zero-order chi connectivity index (χ0) is 12.8. The summed E-state index contributed by atoms with van der Waals surface area (Å²) in [5.41, 5.74) is 1.21. The molecular formula is C14H20N2O2. The van der Waals surface area contributed by atoms with Gasteiger partial charge in [-0.1, -0.05) is 12.5 Å². The molecule has 0 spiro atoms. The van der Waals surface area contributed by atoms with Gasteiger partial charge in [-0.05, 0) is 37.4 Å². The van der Waals surface area contributed by atoms with E-state index in [0.717, 1.165) is 32.4 Å². The predicted molar refractivity (Wildman–Crippen MR) is 69.2 cm³/mol. The summed E-state index contributed by atoms with van der Waals surface area (Å²) in [4.78, 5) is 18.1. The van der Waals surface area contributed by atoms with Crippen molar-refractivity contribution < 1.29 is 9.53 Å². The van der Waals surface area contributed by atoms with Crippen LogP contribution in [0, 0.1) is 0 Å². The van der Waals surface area contributed by atoms with Crippen molar-refractivity contribution >= 4 is 5.97 Å². The lowest BCUT2D eigenvalue weighted by atomic mass is 10.0. The molecule has 1 aromatic heterocycles. The van der Waals surface area contributed by atoms with Crippen molar-refractivity contribution in [3.63, 3.8) is 0 Å². The van der Waals surface area contributed by atoms with E-state index >= 15 is 0 Å². The van der Waals surface area contributed by atoms with Gasteiger partial charge in [0.2, 0.25) is 0 Å². The summed E-state index contributed by atoms with van der Waals surface area (Å²) in [5, 5.41) is 0. The number of hydrogen-bond donors (Lipinski definition) is 0. The van der Waals surface area contributed by atoms with Crippen molar-refractivity contribution in [1.82, 2.24) is 9.88 Å². The van der Waals surface area contributed by atoms with E-state index in [1.165, 1.54) is 19.1 Å². The predicted octanol–water partition coefficient (Wildman–Crippen LogP) is 1.65. The highest BCUT2D eigenvalue weighted by molar-refractivity contribution is 5.75. The molecule has 1 aromatic rings. The van der Waals surface area contributed by atoms with Crippen LogP contribution < -0.4 is 0 Å². The topological polar surface area (TPSA) is 42.4 Å². The minimum atomic E-state index is -0.0964. The average molecular weight is 248 g/mol. The second-order valence-electron chi connectivity index (χ2n) is 4.68. The largest absolute Gasteiger partial charge is 0.468 e. The first-order chi connectivity index (χ1) is 8.81. The second-order valence-corrected chi connectivity index (χ2v) is 4.68. The molecule has 0 bridgehead atoms. The minimum absolute atomic E-state index is 0.0552. The van der Waals surface area contributed by atoms with Gasteiger partial charge < -0.3 is 4.74 Å². The first kappa shape index (κ1) is 13.0. The van der Waals surface area contributed by atoms with Crippen molar-refractivity contribution in [1.29, 1.82) is 0 Å². The van der Waals surface area contributed by atoms with Gasteiger partial charge in [0.25, 0.3) is 0 Å². The summed E-state index contributed by atoms with van der Waals surface area (Å²) in [5.74, 6) is -0.0964. The number of aromatic nitrogens is 1. The smallest absolute Gasteiger partial charge is 0.323 e. The van der Waals surface area contributed by atoms with Crippen molar-refractivity contribution in [3.05, 3.63) is 30.1 Å². The van der Waals surface area contributed by atoms with Gasteiger partial charge in [-0.25, -0.2) is 0 Å². The summed E-state index contributed by atoms with van der Waals surface area (Å²) in [6, 6.07) is 3.97. The third kappa shape index (κ3) is 3.29. The fraction of sp³-hybridized carbons (Fsp3) is 0.571. The van der Waals surface area contributed by atoms with Crippen LogP contribution in [0.15, 0.2) is 24.5 Å². The highest BCUT2D eigenvalue weighted by Gasteiger charge is 2.28. The van der Waals surface area contributed by atoms with Crippen molar-refractivity contribution in [3.8, 4) is 0 Å². The van der Waals surface area contributed by atoms with E-state index in [0.29, 0.717) is 0 Å². The van der Waals surface area contributed by atoms with Gasteiger partial charge in [0.1, 0.15) is 6.04 Å². The number of esters is 1. The summed E-state index contributed by atoms with van der Waals surface area (Å²) < 4.78 is 4.88. The number of piperidine rings is 1. The van der Waals surface area contributed by atoms with Crippen LogP contribution in [0.5, 0.6) is 0 Å². The Morgan fingerprint density at radius 3 is 3.17 bits per heavy atom. The average Bonchev–Trinajstić information content (AvgIpc) is 2.45. The number of carbonyl (C=O) groups is 1. The van der Waals surface area contributed by atoms with E-state index in [4.69, 9.17) is 4.74 Å². The number of nitrogens with zero attached hydrogens (tertiary/aromatic N) is 2. The zero-order valence-corrected chi connectivity index (χ0v) is 10.8. The molecule has 98 valence electrons. The summed E-state index contributed by atoms with van der Waals surface area (Å²) >= 11 is 0. The molecule has 1 saturated heterocycles. The van der Waals surface area contributed by atoms with Crippen LogP contribution in [0.1, 0.15) is 24.8 Å². The van der Waals surface area contributed by atoms with Crippen LogP contribution in [0.25, 0.3) is 0 Å². The number of hydrogen-bond acceptors (Lipinski definition) is 4. The molecule has 4 nitrogen and oxygen atoms in total. The first-order valence-corrected chi connectivity index (χ1v) is 6.52. The molecule has 1 aliphatic heterocycles. The van der Waals surface area contributed by atoms with Crippen LogP contribution in [0.4, 0.5) is 0 Å². The maximum atomic E-state index is 11.7. The summed E-state index contributed by atoms with van der Waals surface area (Å²) in [6.45, 7) is 1.88. The van der Waals surface area contributed by atoms with Crippen molar-refractivity contribution in [2.24, 2.45) is 0 Å². The Balaban J connectivity index is 1.91. The van der Waals surface area contributed by atoms with Crippen LogP contribution in [-0.4, -0.2) is 42.1 Å². The number of pyridine rings is 1. The highest BCUT2D eigenvalue weighted by Crippen LogP contribution is 2.18. The van der Waals surface area contributed by atoms with Gasteiger partial charge in [0.05, 0.1) is 7.11 Å². The number of likely N-dealkylation sites (tertiary alicyclic amines) is 1. The molecular weight excluding hydrogens is 228 g/mol. The van der Waals surface area contributed by atoms with Crippen LogP contribution in [0.3, 0.4) is 0 Å². The molecule has 2 rings (SSSR count). The highest BCUT2D eigenvalue weighted by atomic mass is 16.5. The molecule has 0 radical (unpaired) electrons.